The molecule has 0 fully saturated rings. The number of rotatable bonds is 20. The lowest BCUT2D eigenvalue weighted by Crippen LogP contribution is -2.21. The molecule has 0 saturated carbocycles. The molecule has 0 spiro atoms. The van der Waals surface area contributed by atoms with Crippen LogP contribution < -0.4 is 11.3 Å². The van der Waals surface area contributed by atoms with Crippen LogP contribution in [-0.2, 0) is 43.8 Å². The molecule has 0 aliphatic heterocycles. The first-order valence-corrected chi connectivity index (χ1v) is 23.4. The van der Waals surface area contributed by atoms with Gasteiger partial charge in [-0.2, -0.15) is 8.42 Å². The third kappa shape index (κ3) is 24.9. The van der Waals surface area contributed by atoms with Crippen molar-refractivity contribution >= 4 is 20.7 Å². The van der Waals surface area contributed by atoms with Gasteiger partial charge in [0, 0.05) is 0 Å². The molecule has 0 amide bonds. The second kappa shape index (κ2) is 31.7. The van der Waals surface area contributed by atoms with Gasteiger partial charge in [-0.05, 0) is 47.2 Å². The van der Waals surface area contributed by atoms with E-state index < -0.39 is 26.8 Å². The van der Waals surface area contributed by atoms with Crippen LogP contribution in [0.2, 0.25) is 0 Å². The molecule has 9 N–H and O–H groups in total. The van der Waals surface area contributed by atoms with Gasteiger partial charge in [-0.25, -0.2) is 13.6 Å². The number of ether oxygens (including phenoxy) is 4. The SMILES string of the molecule is CC(COC(c1ccccc1)c1ccccc1)OCCO.CC(COC(c1ccccc1)c1ccccc1)OCCOS(=O)(=O)[O-].NS(=O)(=O)O.OC(c1ccccc1)c1ccccc1.[NH4+]. The highest BCUT2D eigenvalue weighted by atomic mass is 32.3. The number of aliphatic hydroxyl groups is 2. The monoisotopic (exact) mass is 950 g/mol. The van der Waals surface area contributed by atoms with E-state index in [0.717, 1.165) is 33.4 Å². The molecule has 358 valence electrons. The predicted molar refractivity (Wildman–Crippen MR) is 254 cm³/mol. The largest absolute Gasteiger partial charge is 0.726 e. The number of hydrogen-bond acceptors (Lipinski definition) is 12. The normalized spacial score (nSPS) is 12.0. The van der Waals surface area contributed by atoms with Crippen LogP contribution in [0.1, 0.15) is 65.5 Å². The van der Waals surface area contributed by atoms with Crippen LogP contribution in [-0.4, -0.2) is 88.0 Å². The predicted octanol–water partition coefficient (Wildman–Crippen LogP) is 7.76. The number of hydrogen-bond donors (Lipinski definition) is 5. The van der Waals surface area contributed by atoms with E-state index in [1.165, 1.54) is 0 Å². The Kier molecular flexibility index (Phi) is 27.3. The van der Waals surface area contributed by atoms with Crippen molar-refractivity contribution < 1.29 is 59.3 Å². The van der Waals surface area contributed by atoms with Crippen molar-refractivity contribution in [3.05, 3.63) is 215 Å². The molecule has 6 aromatic carbocycles. The summed E-state index contributed by atoms with van der Waals surface area (Å²) in [4.78, 5) is 0. The zero-order valence-electron chi connectivity index (χ0n) is 37.3. The third-order valence-electron chi connectivity index (χ3n) is 8.84. The Bertz CT molecular complexity index is 2210. The summed E-state index contributed by atoms with van der Waals surface area (Å²) < 4.78 is 83.3. The van der Waals surface area contributed by atoms with Crippen LogP contribution in [0.5, 0.6) is 0 Å². The first-order valence-electron chi connectivity index (χ1n) is 20.5. The first-order chi connectivity index (χ1) is 31.1. The second-order valence-corrected chi connectivity index (χ2v) is 16.2. The lowest BCUT2D eigenvalue weighted by atomic mass is 10.0. The van der Waals surface area contributed by atoms with Gasteiger partial charge in [0.15, 0.2) is 0 Å². The summed E-state index contributed by atoms with van der Waals surface area (Å²) in [6.45, 7) is 4.59. The van der Waals surface area contributed by atoms with E-state index in [2.05, 4.69) is 33.6 Å². The fraction of sp³-hybridized carbons (Fsp3) is 0.265. The average molecular weight is 951 g/mol. The molecule has 17 heteroatoms. The maximum absolute atomic E-state index is 10.3. The van der Waals surface area contributed by atoms with E-state index in [0.29, 0.717) is 19.8 Å². The van der Waals surface area contributed by atoms with Gasteiger partial charge in [-0.15, -0.1) is 0 Å². The highest BCUT2D eigenvalue weighted by Gasteiger charge is 2.17. The van der Waals surface area contributed by atoms with Crippen molar-refractivity contribution in [3.63, 3.8) is 0 Å². The fourth-order valence-corrected chi connectivity index (χ4v) is 6.22. The molecule has 66 heavy (non-hydrogen) atoms. The van der Waals surface area contributed by atoms with Crippen LogP contribution >= 0.6 is 0 Å². The molecule has 6 aromatic rings. The molecule has 0 radical (unpaired) electrons. The summed E-state index contributed by atoms with van der Waals surface area (Å²) in [5.41, 5.74) is 6.16. The van der Waals surface area contributed by atoms with Crippen LogP contribution in [0, 0.1) is 0 Å². The van der Waals surface area contributed by atoms with Crippen LogP contribution in [0.15, 0.2) is 182 Å². The topological polar surface area (TPSA) is 261 Å². The minimum Gasteiger partial charge on any atom is -0.726 e. The molecule has 2 unspecified atom stereocenters. The summed E-state index contributed by atoms with van der Waals surface area (Å²) in [7, 11) is -8.85. The van der Waals surface area contributed by atoms with Gasteiger partial charge in [0.25, 0.3) is 0 Å². The van der Waals surface area contributed by atoms with Gasteiger partial charge in [-0.3, -0.25) is 8.74 Å². The Labute approximate surface area is 389 Å². The van der Waals surface area contributed by atoms with Crippen molar-refractivity contribution in [2.45, 2.75) is 44.4 Å². The van der Waals surface area contributed by atoms with Crippen molar-refractivity contribution in [2.24, 2.45) is 5.14 Å². The first kappa shape index (κ1) is 56.9. The Hall–Kier alpha value is -5.22. The molecule has 0 aliphatic carbocycles. The second-order valence-electron chi connectivity index (χ2n) is 14.1. The van der Waals surface area contributed by atoms with E-state index in [1.54, 1.807) is 6.92 Å². The molecule has 0 saturated heterocycles. The lowest BCUT2D eigenvalue weighted by Gasteiger charge is -2.21. The smallest absolute Gasteiger partial charge is 0.330 e. The van der Waals surface area contributed by atoms with Crippen molar-refractivity contribution in [1.29, 1.82) is 0 Å². The zero-order valence-corrected chi connectivity index (χ0v) is 38.9. The maximum atomic E-state index is 10.3. The molecule has 0 aromatic heterocycles. The Balaban J connectivity index is 0.000000330. The van der Waals surface area contributed by atoms with E-state index in [4.69, 9.17) is 37.0 Å². The van der Waals surface area contributed by atoms with Gasteiger partial charge >= 0.3 is 10.3 Å². The quantitative estimate of drug-likeness (QED) is 0.0279. The van der Waals surface area contributed by atoms with Gasteiger partial charge in [-0.1, -0.05) is 182 Å². The summed E-state index contributed by atoms with van der Waals surface area (Å²) >= 11 is 0. The van der Waals surface area contributed by atoms with Gasteiger partial charge in [0.05, 0.1) is 51.8 Å². The Morgan fingerprint density at radius 3 is 1.00 bits per heavy atom. The van der Waals surface area contributed by atoms with E-state index in [-0.39, 0.29) is 50.4 Å². The molecular formula is C49H62N2O13S2. The molecule has 6 rings (SSSR count). The number of benzene rings is 6. The van der Waals surface area contributed by atoms with Crippen LogP contribution in [0.4, 0.5) is 0 Å². The highest BCUT2D eigenvalue weighted by Crippen LogP contribution is 2.27. The summed E-state index contributed by atoms with van der Waals surface area (Å²) in [6, 6.07) is 59.3. The van der Waals surface area contributed by atoms with Crippen molar-refractivity contribution in [2.75, 3.05) is 39.6 Å². The lowest BCUT2D eigenvalue weighted by molar-refractivity contribution is -0.0351. The third-order valence-corrected chi connectivity index (χ3v) is 9.30. The number of nitrogens with two attached hydrogens (primary N) is 1. The minimum atomic E-state index is -4.68. The molecule has 15 nitrogen and oxygen atoms in total. The molecule has 0 aliphatic rings. The van der Waals surface area contributed by atoms with Crippen LogP contribution in [0.25, 0.3) is 0 Å². The molecule has 0 bridgehead atoms. The van der Waals surface area contributed by atoms with Gasteiger partial charge in [0.2, 0.25) is 10.4 Å². The zero-order chi connectivity index (χ0) is 47.3. The highest BCUT2D eigenvalue weighted by molar-refractivity contribution is 7.83. The Morgan fingerprint density at radius 1 is 0.485 bits per heavy atom. The Morgan fingerprint density at radius 2 is 0.742 bits per heavy atom. The van der Waals surface area contributed by atoms with Gasteiger partial charge < -0.3 is 39.9 Å². The van der Waals surface area contributed by atoms with E-state index in [9.17, 15) is 18.1 Å². The summed E-state index contributed by atoms with van der Waals surface area (Å²) in [5.74, 6) is 0. The molecule has 2 atom stereocenters. The molecule has 0 heterocycles. The van der Waals surface area contributed by atoms with Crippen molar-refractivity contribution in [3.8, 4) is 0 Å². The van der Waals surface area contributed by atoms with E-state index >= 15 is 0 Å². The van der Waals surface area contributed by atoms with Crippen molar-refractivity contribution in [1.82, 2.24) is 6.15 Å². The van der Waals surface area contributed by atoms with E-state index in [1.807, 2.05) is 165 Å². The number of quaternary nitrogens is 1. The number of aliphatic hydroxyl groups excluding tert-OH is 2. The maximum Gasteiger partial charge on any atom is 0.330 e. The van der Waals surface area contributed by atoms with Crippen LogP contribution in [0.3, 0.4) is 0 Å². The standard InChI is InChI=1S/C18H22O6S.C18H22O3.C13H12O.H3NO3S.H3N/c1-15(22-12-13-24-25(19,20)21)14-23-18(16-8-4-2-5-9-16)17-10-6-3-7-11-17;1-15(20-13-12-19)14-21-18(16-8-4-2-5-9-16)17-10-6-3-7-11-17;14-13(11-7-3-1-4-8-11)12-9-5-2-6-10-12;1-5(2,3)4;/h2-11,15,18H,12-14H2,1H3,(H,19,20,21);2-11,15,18-19H,12-14H2,1H3;1-10,13-14H;(H3,1,2,3,4);1H3. The average Bonchev–Trinajstić information content (AvgIpc) is 3.31. The molecular weight excluding hydrogens is 889 g/mol. The minimum absolute atomic E-state index is 0. The fourth-order valence-electron chi connectivity index (χ4n) is 5.94. The van der Waals surface area contributed by atoms with Gasteiger partial charge in [0.1, 0.15) is 18.3 Å². The summed E-state index contributed by atoms with van der Waals surface area (Å²) in [6.07, 6.45) is -1.18. The summed E-state index contributed by atoms with van der Waals surface area (Å²) in [5, 5.41) is 22.7.